The molecule has 1 rings (SSSR count). The van der Waals surface area contributed by atoms with Crippen LogP contribution in [0.15, 0.2) is 29.2 Å². The molecule has 0 saturated heterocycles. The van der Waals surface area contributed by atoms with E-state index in [9.17, 15) is 12.6 Å². The summed E-state index contributed by atoms with van der Waals surface area (Å²) in [7, 11) is -3.63. The highest BCUT2D eigenvalue weighted by molar-refractivity contribution is 7.89. The molecule has 0 aliphatic carbocycles. The summed E-state index contributed by atoms with van der Waals surface area (Å²) >= 11 is 0.312. The topological polar surface area (TPSA) is 77.2 Å². The second-order valence-corrected chi connectivity index (χ2v) is 4.32. The van der Waals surface area contributed by atoms with Crippen molar-refractivity contribution < 1.29 is 12.6 Å². The summed E-state index contributed by atoms with van der Waals surface area (Å²) in [6.07, 6.45) is 0. The largest absolute Gasteiger partial charge is 0.238 e. The highest BCUT2D eigenvalue weighted by atomic mass is 32.2. The summed E-state index contributed by atoms with van der Waals surface area (Å²) in [5.74, 6) is 0. The van der Waals surface area contributed by atoms with Gasteiger partial charge in [-0.1, -0.05) is 12.1 Å². The fourth-order valence-corrected chi connectivity index (χ4v) is 1.58. The van der Waals surface area contributed by atoms with Crippen LogP contribution in [-0.2, 0) is 21.3 Å². The lowest BCUT2D eigenvalue weighted by molar-refractivity contribution is 0.598. The van der Waals surface area contributed by atoms with Crippen molar-refractivity contribution in [2.45, 2.75) is 4.90 Å². The molecule has 1 aromatic carbocycles. The fraction of sp³-hybridized carbons (Fsp3) is 0. The molecule has 0 atom stereocenters. The number of hydrogen-bond donors (Lipinski definition) is 1. The number of hydrogen-bond acceptors (Lipinski definition) is 3. The van der Waals surface area contributed by atoms with Gasteiger partial charge in [-0.3, -0.25) is 0 Å². The molecule has 6 heteroatoms. The Kier molecular flexibility index (Phi) is 2.97. The molecule has 2 N–H and O–H groups in total. The monoisotopic (exact) mass is 217 g/mol. The molecule has 0 heterocycles. The van der Waals surface area contributed by atoms with Gasteiger partial charge in [0.15, 0.2) is 0 Å². The van der Waals surface area contributed by atoms with Gasteiger partial charge in [-0.05, 0) is 17.7 Å². The molecule has 0 fully saturated rings. The Morgan fingerprint density at radius 2 is 1.77 bits per heavy atom. The maximum Gasteiger partial charge on any atom is 0.238 e. The lowest BCUT2D eigenvalue weighted by Crippen LogP contribution is -2.11. The van der Waals surface area contributed by atoms with Crippen molar-refractivity contribution >= 4 is 26.6 Å². The molecule has 13 heavy (non-hydrogen) atoms. The van der Waals surface area contributed by atoms with Gasteiger partial charge in [0, 0.05) is 5.37 Å². The van der Waals surface area contributed by atoms with E-state index in [1.807, 2.05) is 0 Å². The first kappa shape index (κ1) is 10.1. The van der Waals surface area contributed by atoms with E-state index in [1.165, 1.54) is 29.6 Å². The van der Waals surface area contributed by atoms with Gasteiger partial charge >= 0.3 is 0 Å². The van der Waals surface area contributed by atoms with Crippen LogP contribution in [0.4, 0.5) is 0 Å². The third kappa shape index (κ3) is 2.76. The molecule has 0 amide bonds. The van der Waals surface area contributed by atoms with Crippen molar-refractivity contribution in [2.75, 3.05) is 0 Å². The molecule has 1 aromatic rings. The summed E-state index contributed by atoms with van der Waals surface area (Å²) in [5.41, 5.74) is 0.660. The highest BCUT2D eigenvalue weighted by Crippen LogP contribution is 2.06. The van der Waals surface area contributed by atoms with Gasteiger partial charge < -0.3 is 0 Å². The van der Waals surface area contributed by atoms with E-state index >= 15 is 0 Å². The molecule has 0 aliphatic rings. The van der Waals surface area contributed by atoms with Crippen molar-refractivity contribution in [1.29, 1.82) is 0 Å². The van der Waals surface area contributed by atoms with Crippen LogP contribution in [0.3, 0.4) is 0 Å². The molecule has 0 aromatic heterocycles. The minimum Gasteiger partial charge on any atom is -0.225 e. The predicted molar refractivity (Wildman–Crippen MR) is 51.1 cm³/mol. The molecule has 70 valence electrons. The van der Waals surface area contributed by atoms with E-state index in [2.05, 4.69) is 0 Å². The minimum absolute atomic E-state index is 0.0422. The molecule has 0 spiro atoms. The summed E-state index contributed by atoms with van der Waals surface area (Å²) < 4.78 is 31.7. The molecule has 0 aliphatic heterocycles. The fourth-order valence-electron chi connectivity index (χ4n) is 0.792. The first-order valence-corrected chi connectivity index (χ1v) is 5.64. The first-order valence-electron chi connectivity index (χ1n) is 3.29. The Hall–Kier alpha value is -0.980. The zero-order valence-corrected chi connectivity index (χ0v) is 8.14. The van der Waals surface area contributed by atoms with E-state index in [0.717, 1.165) is 0 Å². The number of sulfonamides is 1. The third-order valence-corrected chi connectivity index (χ3v) is 2.69. The van der Waals surface area contributed by atoms with Gasteiger partial charge in [0.1, 0.15) is 0 Å². The van der Waals surface area contributed by atoms with Crippen LogP contribution in [0.25, 0.3) is 0 Å². The lowest BCUT2D eigenvalue weighted by atomic mass is 10.2. The van der Waals surface area contributed by atoms with Gasteiger partial charge in [0.2, 0.25) is 10.0 Å². The second-order valence-electron chi connectivity index (χ2n) is 2.33. The zero-order chi connectivity index (χ0) is 9.90. The van der Waals surface area contributed by atoms with Gasteiger partial charge in [-0.15, -0.1) is 0 Å². The van der Waals surface area contributed by atoms with Crippen LogP contribution in [-0.4, -0.2) is 18.0 Å². The van der Waals surface area contributed by atoms with E-state index in [0.29, 0.717) is 16.8 Å². The molecule has 0 saturated carbocycles. The molecule has 4 nitrogen and oxygen atoms in total. The van der Waals surface area contributed by atoms with Crippen LogP contribution >= 0.6 is 0 Å². The molecule has 0 unspecified atom stereocenters. The summed E-state index contributed by atoms with van der Waals surface area (Å²) in [5, 5.41) is 6.24. The van der Waals surface area contributed by atoms with E-state index in [-0.39, 0.29) is 4.90 Å². The van der Waals surface area contributed by atoms with Crippen molar-refractivity contribution in [3.63, 3.8) is 0 Å². The number of primary sulfonamides is 1. The highest BCUT2D eigenvalue weighted by Gasteiger charge is 2.05. The Morgan fingerprint density at radius 1 is 1.23 bits per heavy atom. The normalized spacial score (nSPS) is 10.8. The average molecular weight is 217 g/mol. The van der Waals surface area contributed by atoms with Gasteiger partial charge in [-0.2, -0.15) is 0 Å². The van der Waals surface area contributed by atoms with Crippen LogP contribution in [0.2, 0.25) is 0 Å². The van der Waals surface area contributed by atoms with Crippen LogP contribution in [0.5, 0.6) is 0 Å². The average Bonchev–Trinajstić information content (AvgIpc) is 2.04. The quantitative estimate of drug-likeness (QED) is 0.691. The van der Waals surface area contributed by atoms with Crippen molar-refractivity contribution in [1.82, 2.24) is 0 Å². The molecular weight excluding hydrogens is 210 g/mol. The SMILES string of the molecule is NS(=O)(=O)c1ccc(C=S=O)cc1. The van der Waals surface area contributed by atoms with Crippen LogP contribution in [0.1, 0.15) is 5.56 Å². The third-order valence-electron chi connectivity index (χ3n) is 1.39. The first-order chi connectivity index (χ1) is 6.04. The Morgan fingerprint density at radius 3 is 2.15 bits per heavy atom. The van der Waals surface area contributed by atoms with Crippen LogP contribution < -0.4 is 5.14 Å². The standard InChI is InChI=1S/C7H7NO3S2/c8-13(10,11)7-3-1-6(2-4-7)5-12-9/h1-5H,(H2,8,10,11). The minimum atomic E-state index is -3.63. The van der Waals surface area contributed by atoms with Crippen molar-refractivity contribution in [3.8, 4) is 0 Å². The Balaban J connectivity index is 3.15. The summed E-state index contributed by atoms with van der Waals surface area (Å²) in [4.78, 5) is 0.0422. The lowest BCUT2D eigenvalue weighted by Gasteiger charge is -1.96. The molecule has 0 bridgehead atoms. The number of benzene rings is 1. The van der Waals surface area contributed by atoms with Gasteiger partial charge in [-0.25, -0.2) is 17.8 Å². The smallest absolute Gasteiger partial charge is 0.225 e. The maximum atomic E-state index is 10.8. The number of rotatable bonds is 2. The van der Waals surface area contributed by atoms with Crippen molar-refractivity contribution in [2.24, 2.45) is 5.14 Å². The summed E-state index contributed by atoms with van der Waals surface area (Å²) in [6, 6.07) is 5.75. The predicted octanol–water partition coefficient (Wildman–Crippen LogP) is -0.303. The van der Waals surface area contributed by atoms with E-state index in [1.54, 1.807) is 0 Å². The van der Waals surface area contributed by atoms with Gasteiger partial charge in [0.25, 0.3) is 0 Å². The van der Waals surface area contributed by atoms with E-state index in [4.69, 9.17) is 5.14 Å². The van der Waals surface area contributed by atoms with Gasteiger partial charge in [0.05, 0.1) is 16.2 Å². The Labute approximate surface area is 79.5 Å². The van der Waals surface area contributed by atoms with Crippen molar-refractivity contribution in [3.05, 3.63) is 29.8 Å². The Bertz CT molecular complexity index is 443. The second kappa shape index (κ2) is 3.82. The summed E-state index contributed by atoms with van der Waals surface area (Å²) in [6.45, 7) is 0. The zero-order valence-electron chi connectivity index (χ0n) is 6.51. The van der Waals surface area contributed by atoms with Crippen LogP contribution in [0, 0.1) is 0 Å². The molecular formula is C7H7NO3S2. The van der Waals surface area contributed by atoms with E-state index < -0.39 is 10.0 Å². The molecule has 0 radical (unpaired) electrons. The maximum absolute atomic E-state index is 10.8. The number of nitrogens with two attached hydrogens (primary N) is 1.